The number of alkyl carbamates (subject to hydrolysis) is 1. The molecule has 2 heterocycles. The summed E-state index contributed by atoms with van der Waals surface area (Å²) in [5.41, 5.74) is -1.54. The van der Waals surface area contributed by atoms with Crippen LogP contribution in [0.5, 0.6) is 0 Å². The summed E-state index contributed by atoms with van der Waals surface area (Å²) in [6.45, 7) is 10.9. The van der Waals surface area contributed by atoms with Gasteiger partial charge in [-0.2, -0.15) is 13.2 Å². The normalized spacial score (nSPS) is 26.6. The summed E-state index contributed by atoms with van der Waals surface area (Å²) in [6.07, 6.45) is -0.661. The van der Waals surface area contributed by atoms with E-state index in [1.165, 1.54) is 17.0 Å². The highest BCUT2D eigenvalue weighted by Crippen LogP contribution is 2.67. The van der Waals surface area contributed by atoms with Gasteiger partial charge in [0, 0.05) is 32.1 Å². The van der Waals surface area contributed by atoms with Gasteiger partial charge < -0.3 is 34.8 Å². The number of halogens is 3. The summed E-state index contributed by atoms with van der Waals surface area (Å²) in [6, 6.07) is 0.625. The summed E-state index contributed by atoms with van der Waals surface area (Å²) in [5, 5.41) is 6.32. The second-order valence-corrected chi connectivity index (χ2v) is 18.3. The molecule has 2 aliphatic heterocycles. The molecule has 2 saturated carbocycles. The Morgan fingerprint density at radius 1 is 1.02 bits per heavy atom. The average molecular weight is 770 g/mol. The monoisotopic (exact) mass is 769 g/mol. The first-order chi connectivity index (χ1) is 24.7. The quantitative estimate of drug-likeness (QED) is 0.160. The van der Waals surface area contributed by atoms with Gasteiger partial charge in [0.15, 0.2) is 0 Å². The molecule has 4 aliphatic rings. The number of amides is 4. The lowest BCUT2D eigenvalue weighted by molar-refractivity contribution is -0.142. The minimum Gasteiger partial charge on any atom is -0.446 e. The van der Waals surface area contributed by atoms with Gasteiger partial charge in [-0.05, 0) is 75.0 Å². The van der Waals surface area contributed by atoms with E-state index in [9.17, 15) is 41.8 Å². The van der Waals surface area contributed by atoms with Gasteiger partial charge in [0.2, 0.25) is 19.2 Å². The Hall–Kier alpha value is -3.78. The zero-order chi connectivity index (χ0) is 38.9. The number of carbonyl (C=O) groups excluding carboxylic acids is 4. The molecule has 2 aliphatic carbocycles. The first-order valence-corrected chi connectivity index (χ1v) is 20.3. The fraction of sp³-hybridized carbons (Fsp3) is 0.667. The van der Waals surface area contributed by atoms with E-state index >= 15 is 0 Å². The number of anilines is 2. The maximum atomic E-state index is 14.3. The number of likely N-dealkylation sites (tertiary alicyclic amines) is 1. The number of alkyl halides is 3. The minimum atomic E-state index is -4.67. The van der Waals surface area contributed by atoms with Crippen molar-refractivity contribution in [3.63, 3.8) is 0 Å². The van der Waals surface area contributed by atoms with Crippen molar-refractivity contribution in [3.05, 3.63) is 36.4 Å². The molecule has 2 saturated heterocycles. The number of hydrogen-bond acceptors (Lipinski definition) is 8. The second-order valence-electron chi connectivity index (χ2n) is 15.8. The van der Waals surface area contributed by atoms with Gasteiger partial charge in [-0.3, -0.25) is 19.5 Å². The average Bonchev–Trinajstić information content (AvgIpc) is 3.34. The summed E-state index contributed by atoms with van der Waals surface area (Å²) < 4.78 is 65.3. The third kappa shape index (κ3) is 9.30. The molecule has 4 amide bonds. The van der Waals surface area contributed by atoms with Gasteiger partial charge in [0.05, 0.1) is 23.5 Å². The van der Waals surface area contributed by atoms with Crippen molar-refractivity contribution < 1.29 is 51.3 Å². The highest BCUT2D eigenvalue weighted by atomic mass is 31.2. The van der Waals surface area contributed by atoms with Crippen molar-refractivity contribution in [1.82, 2.24) is 15.5 Å². The van der Waals surface area contributed by atoms with Crippen LogP contribution in [0.15, 0.2) is 30.9 Å². The lowest BCUT2D eigenvalue weighted by Gasteiger charge is -2.35. The van der Waals surface area contributed by atoms with Crippen molar-refractivity contribution in [2.75, 3.05) is 36.5 Å². The van der Waals surface area contributed by atoms with Gasteiger partial charge in [-0.15, -0.1) is 6.58 Å². The Morgan fingerprint density at radius 2 is 1.66 bits per heavy atom. The molecule has 1 aromatic carbocycles. The van der Waals surface area contributed by atoms with E-state index in [-0.39, 0.29) is 31.2 Å². The van der Waals surface area contributed by atoms with Crippen LogP contribution >= 0.6 is 7.37 Å². The zero-order valence-corrected chi connectivity index (χ0v) is 31.6. The van der Waals surface area contributed by atoms with E-state index in [2.05, 4.69) is 22.5 Å². The maximum absolute atomic E-state index is 14.3. The van der Waals surface area contributed by atoms with Crippen molar-refractivity contribution in [2.45, 2.75) is 114 Å². The first-order valence-electron chi connectivity index (χ1n) is 18.2. The van der Waals surface area contributed by atoms with Gasteiger partial charge in [0.1, 0.15) is 29.6 Å². The van der Waals surface area contributed by atoms with Crippen LogP contribution in [0.1, 0.15) is 84.1 Å². The Balaban J connectivity index is 1.39. The van der Waals surface area contributed by atoms with Crippen LogP contribution in [-0.2, 0) is 29.8 Å². The molecule has 0 aromatic heterocycles. The van der Waals surface area contributed by atoms with Crippen LogP contribution in [0.4, 0.5) is 34.1 Å². The van der Waals surface area contributed by atoms with E-state index in [1.807, 2.05) is 4.90 Å². The molecular formula is C36H51F3N5O8P. The van der Waals surface area contributed by atoms with E-state index < -0.39 is 77.9 Å². The Labute approximate surface area is 307 Å². The Kier molecular flexibility index (Phi) is 11.8. The van der Waals surface area contributed by atoms with E-state index in [1.54, 1.807) is 20.8 Å². The number of hydrogen-bond donors (Lipinski definition) is 4. The third-order valence-electron chi connectivity index (χ3n) is 10.7. The molecule has 17 heteroatoms. The third-order valence-corrected chi connectivity index (χ3v) is 12.8. The maximum Gasteiger partial charge on any atom is 0.416 e. The molecule has 0 spiro atoms. The fourth-order valence-corrected chi connectivity index (χ4v) is 9.16. The van der Waals surface area contributed by atoms with E-state index in [4.69, 9.17) is 9.47 Å². The highest BCUT2D eigenvalue weighted by molar-refractivity contribution is 7.59. The zero-order valence-electron chi connectivity index (χ0n) is 30.7. The van der Waals surface area contributed by atoms with Crippen molar-refractivity contribution in [1.29, 1.82) is 0 Å². The van der Waals surface area contributed by atoms with Crippen LogP contribution in [0, 0.1) is 11.3 Å². The molecule has 13 nitrogen and oxygen atoms in total. The number of benzene rings is 1. The molecule has 6 atom stereocenters. The topological polar surface area (TPSA) is 167 Å². The number of nitrogens with zero attached hydrogens (tertiary/aromatic N) is 2. The van der Waals surface area contributed by atoms with Crippen LogP contribution in [-0.4, -0.2) is 89.7 Å². The number of piperidine rings is 1. The fourth-order valence-electron chi connectivity index (χ4n) is 7.59. The molecule has 5 rings (SSSR count). The molecule has 53 heavy (non-hydrogen) atoms. The summed E-state index contributed by atoms with van der Waals surface area (Å²) in [5.74, 6) is -1.94. The lowest BCUT2D eigenvalue weighted by Crippen LogP contribution is -2.58. The highest BCUT2D eigenvalue weighted by Gasteiger charge is 2.64. The number of rotatable bonds is 10. The number of ether oxygens (including phenoxy) is 2. The molecule has 294 valence electrons. The standard InChI is InChI=1S/C36H51F3N5O8P/c1-6-22-20-35(22,53(5,49)50)42-30(45)28-19-25(21-44(28)31(46)29(34(2,3)4)41-33(48)51-24-12-8-9-13-24)52-32(47)40-26-18-23(36(37,38)39)14-15-27(26)43-16-10-7-11-17-43/h6,14-15,18,22,24-25,28-29H,1,7-13,16-17,19-21H2,2-5H3,(H,40,47)(H,41,48)(H,42,45)(H,49,50)/t22-,25-,28+,29-,35+/m1/s1. The van der Waals surface area contributed by atoms with E-state index in [0.29, 0.717) is 31.6 Å². The van der Waals surface area contributed by atoms with Gasteiger partial charge in [-0.25, -0.2) is 9.59 Å². The number of carbonyl (C=O) groups is 4. The van der Waals surface area contributed by atoms with Gasteiger partial charge >= 0.3 is 18.4 Å². The predicted octanol–water partition coefficient (Wildman–Crippen LogP) is 6.22. The molecular weight excluding hydrogens is 718 g/mol. The van der Waals surface area contributed by atoms with E-state index in [0.717, 1.165) is 50.9 Å². The molecule has 4 N–H and O–H groups in total. The van der Waals surface area contributed by atoms with Gasteiger partial charge in [0.25, 0.3) is 0 Å². The largest absolute Gasteiger partial charge is 0.446 e. The van der Waals surface area contributed by atoms with Gasteiger partial charge in [-0.1, -0.05) is 26.8 Å². The molecule has 1 unspecified atom stereocenters. The smallest absolute Gasteiger partial charge is 0.416 e. The predicted molar refractivity (Wildman–Crippen MR) is 192 cm³/mol. The molecule has 0 radical (unpaired) electrons. The Bertz CT molecular complexity index is 1620. The van der Waals surface area contributed by atoms with Crippen LogP contribution in [0.3, 0.4) is 0 Å². The first kappa shape index (κ1) is 40.4. The Morgan fingerprint density at radius 3 is 2.23 bits per heavy atom. The minimum absolute atomic E-state index is 0.0995. The molecule has 0 bridgehead atoms. The summed E-state index contributed by atoms with van der Waals surface area (Å²) in [4.78, 5) is 68.3. The molecule has 1 aromatic rings. The van der Waals surface area contributed by atoms with Crippen molar-refractivity contribution in [3.8, 4) is 0 Å². The molecule has 4 fully saturated rings. The van der Waals surface area contributed by atoms with Crippen molar-refractivity contribution >= 4 is 42.7 Å². The number of nitrogens with one attached hydrogen (secondary N) is 3. The van der Waals surface area contributed by atoms with Crippen LogP contribution < -0.4 is 20.9 Å². The van der Waals surface area contributed by atoms with Crippen LogP contribution in [0.2, 0.25) is 0 Å². The van der Waals surface area contributed by atoms with Crippen LogP contribution in [0.25, 0.3) is 0 Å². The lowest BCUT2D eigenvalue weighted by atomic mass is 9.85. The van der Waals surface area contributed by atoms with Crippen molar-refractivity contribution in [2.24, 2.45) is 11.3 Å². The SMILES string of the molecule is C=C[C@@H]1C[C@]1(NC(=O)[C@@H]1C[C@@H](OC(=O)Nc2cc(C(F)(F)F)ccc2N2CCCCC2)CN1C(=O)[C@@H](NC(=O)OC1CCCC1)C(C)(C)C)P(C)(=O)O. The summed E-state index contributed by atoms with van der Waals surface area (Å²) >= 11 is 0. The summed E-state index contributed by atoms with van der Waals surface area (Å²) in [7, 11) is -3.92. The second kappa shape index (κ2) is 15.5.